The molecule has 0 aliphatic rings. The van der Waals surface area contributed by atoms with E-state index in [2.05, 4.69) is 0 Å². The van der Waals surface area contributed by atoms with Gasteiger partial charge in [-0.15, -0.1) is 0 Å². The first-order valence-electron chi connectivity index (χ1n) is 0.408. The van der Waals surface area contributed by atoms with Gasteiger partial charge in [-0.2, -0.15) is 7.11 Å². The smallest absolute Gasteiger partial charge is 0.857 e. The van der Waals surface area contributed by atoms with Crippen LogP contribution in [-0.4, -0.2) is 15.5 Å². The molecule has 0 unspecified atom stereocenters. The van der Waals surface area contributed by atoms with Crippen molar-refractivity contribution in [3.05, 3.63) is 0 Å². The van der Waals surface area contributed by atoms with E-state index in [0.29, 0.717) is 0 Å². The molecule has 0 aromatic rings. The molecule has 0 rings (SSSR count). The van der Waals surface area contributed by atoms with Crippen LogP contribution in [0.25, 0.3) is 0 Å². The predicted octanol–water partition coefficient (Wildman–Crippen LogP) is -4.40. The summed E-state index contributed by atoms with van der Waals surface area (Å²) >= 11 is 0. The van der Waals surface area contributed by atoms with E-state index in [1.807, 2.05) is 0 Å². The Hall–Kier alpha value is 1.02. The molecule has 0 aliphatic heterocycles. The van der Waals surface area contributed by atoms with Gasteiger partial charge in [-0.1, -0.05) is 0 Å². The van der Waals surface area contributed by atoms with Crippen LogP contribution in [0, 0.1) is 0 Å². The van der Waals surface area contributed by atoms with Crippen LogP contribution in [0.1, 0.15) is 0 Å². The Bertz CT molecular complexity index is 8.00. The molecule has 0 spiro atoms. The first-order valence-corrected chi connectivity index (χ1v) is 0.408. The second-order valence-electron chi connectivity index (χ2n) is 0. The zero-order chi connectivity index (χ0) is 2.00. The van der Waals surface area contributed by atoms with Crippen LogP contribution in [0.15, 0.2) is 0 Å². The monoisotopic (exact) mass is 65.0 g/mol. The topological polar surface area (TPSA) is 23.1 Å². The van der Waals surface area contributed by atoms with Crippen LogP contribution in [0.5, 0.6) is 0 Å². The van der Waals surface area contributed by atoms with Crippen LogP contribution < -0.4 is 34.7 Å². The van der Waals surface area contributed by atoms with E-state index in [9.17, 15) is 0 Å². The standard InChI is InChI=1S/CH3O.B.Na/c1-2;;/h1H3;;/q-1;;+1. The van der Waals surface area contributed by atoms with Crippen molar-refractivity contribution in [2.75, 3.05) is 7.11 Å². The molecule has 0 atom stereocenters. The Labute approximate surface area is 50.3 Å². The van der Waals surface area contributed by atoms with Gasteiger partial charge in [0, 0.05) is 8.41 Å². The minimum atomic E-state index is 0. The molecule has 0 amide bonds. The molecule has 3 radical (unpaired) electrons. The van der Waals surface area contributed by atoms with Gasteiger partial charge in [-0.25, -0.2) is 0 Å². The number of hydrogen-bond donors (Lipinski definition) is 0. The van der Waals surface area contributed by atoms with Crippen LogP contribution in [0.2, 0.25) is 0 Å². The van der Waals surface area contributed by atoms with Crippen molar-refractivity contribution in [3.8, 4) is 0 Å². The van der Waals surface area contributed by atoms with Crippen molar-refractivity contribution in [1.29, 1.82) is 0 Å². The molecule has 0 aromatic carbocycles. The molecule has 3 heteroatoms. The average molecular weight is 64.8 g/mol. The summed E-state index contributed by atoms with van der Waals surface area (Å²) in [6, 6.07) is 0. The van der Waals surface area contributed by atoms with E-state index in [1.165, 1.54) is 0 Å². The first kappa shape index (κ1) is 19.9. The second kappa shape index (κ2) is 35.1. The molecular weight excluding hydrogens is 61.8 g/mol. The van der Waals surface area contributed by atoms with E-state index in [4.69, 9.17) is 5.11 Å². The molecule has 17 valence electrons. The van der Waals surface area contributed by atoms with Gasteiger partial charge in [0.25, 0.3) is 0 Å². The van der Waals surface area contributed by atoms with E-state index >= 15 is 0 Å². The van der Waals surface area contributed by atoms with Crippen LogP contribution in [0.4, 0.5) is 0 Å². The van der Waals surface area contributed by atoms with Gasteiger partial charge < -0.3 is 5.11 Å². The maximum Gasteiger partial charge on any atom is 1.00 e. The van der Waals surface area contributed by atoms with Crippen LogP contribution in [0.3, 0.4) is 0 Å². The molecule has 4 heavy (non-hydrogen) atoms. The van der Waals surface area contributed by atoms with Gasteiger partial charge in [0.15, 0.2) is 0 Å². The van der Waals surface area contributed by atoms with Gasteiger partial charge in [-0.05, 0) is 0 Å². The minimum Gasteiger partial charge on any atom is -0.857 e. The summed E-state index contributed by atoms with van der Waals surface area (Å²) in [5.41, 5.74) is 0. The molecule has 0 heterocycles. The summed E-state index contributed by atoms with van der Waals surface area (Å²) in [6.07, 6.45) is 0. The molecule has 0 saturated heterocycles. The van der Waals surface area contributed by atoms with Crippen LogP contribution >= 0.6 is 0 Å². The Morgan fingerprint density at radius 3 is 1.25 bits per heavy atom. The van der Waals surface area contributed by atoms with E-state index in [0.717, 1.165) is 7.11 Å². The Morgan fingerprint density at radius 2 is 1.25 bits per heavy atom. The molecule has 0 saturated carbocycles. The first-order chi connectivity index (χ1) is 1.00. The normalized spacial score (nSPS) is 1.50. The fourth-order valence-corrected chi connectivity index (χ4v) is 0. The van der Waals surface area contributed by atoms with Gasteiger partial charge >= 0.3 is 29.6 Å². The minimum absolute atomic E-state index is 0. The SMILES string of the molecule is C[O-].[B].[Na+]. The van der Waals surface area contributed by atoms with Crippen molar-refractivity contribution < 1.29 is 34.7 Å². The Morgan fingerprint density at radius 1 is 1.25 bits per heavy atom. The van der Waals surface area contributed by atoms with Crippen molar-refractivity contribution in [3.63, 3.8) is 0 Å². The van der Waals surface area contributed by atoms with Gasteiger partial charge in [0.1, 0.15) is 0 Å². The maximum absolute atomic E-state index is 8.25. The molecule has 0 bridgehead atoms. The fourth-order valence-electron chi connectivity index (χ4n) is 0. The molecule has 0 fully saturated rings. The van der Waals surface area contributed by atoms with Gasteiger partial charge in [0.05, 0.1) is 0 Å². The maximum atomic E-state index is 8.25. The summed E-state index contributed by atoms with van der Waals surface area (Å²) < 4.78 is 0. The molecule has 1 nitrogen and oxygen atoms in total. The van der Waals surface area contributed by atoms with Crippen molar-refractivity contribution in [2.24, 2.45) is 0 Å². The van der Waals surface area contributed by atoms with Gasteiger partial charge in [-0.3, -0.25) is 0 Å². The summed E-state index contributed by atoms with van der Waals surface area (Å²) in [5, 5.41) is 8.25. The summed E-state index contributed by atoms with van der Waals surface area (Å²) in [4.78, 5) is 0. The van der Waals surface area contributed by atoms with E-state index < -0.39 is 0 Å². The van der Waals surface area contributed by atoms with E-state index in [1.54, 1.807) is 0 Å². The summed E-state index contributed by atoms with van der Waals surface area (Å²) in [5.74, 6) is 0. The Kier molecular flexibility index (Phi) is 174. The summed E-state index contributed by atoms with van der Waals surface area (Å²) in [6.45, 7) is 0. The quantitative estimate of drug-likeness (QED) is 0.261. The van der Waals surface area contributed by atoms with E-state index in [-0.39, 0.29) is 38.0 Å². The molecule has 0 N–H and O–H groups in total. The Balaban J connectivity index is -0.00000000500. The molecule has 0 aliphatic carbocycles. The third kappa shape index (κ3) is 11.8. The number of rotatable bonds is 0. The molecular formula is CH3BNaO. The number of hydrogen-bond acceptors (Lipinski definition) is 1. The largest absolute Gasteiger partial charge is 1.00 e. The zero-order valence-electron chi connectivity index (χ0n) is 2.99. The van der Waals surface area contributed by atoms with Crippen molar-refractivity contribution >= 4 is 8.41 Å². The fraction of sp³-hybridized carbons (Fsp3) is 1.00. The van der Waals surface area contributed by atoms with Gasteiger partial charge in [0.2, 0.25) is 0 Å². The second-order valence-corrected chi connectivity index (χ2v) is 0. The molecule has 0 aromatic heterocycles. The third-order valence-corrected chi connectivity index (χ3v) is 0. The van der Waals surface area contributed by atoms with Crippen molar-refractivity contribution in [1.82, 2.24) is 0 Å². The summed E-state index contributed by atoms with van der Waals surface area (Å²) in [7, 11) is 0.750. The third-order valence-electron chi connectivity index (χ3n) is 0. The van der Waals surface area contributed by atoms with Crippen molar-refractivity contribution in [2.45, 2.75) is 0 Å². The zero-order valence-corrected chi connectivity index (χ0v) is 4.99. The van der Waals surface area contributed by atoms with Crippen LogP contribution in [-0.2, 0) is 0 Å². The predicted molar refractivity (Wildman–Crippen MR) is 11.7 cm³/mol. The average Bonchev–Trinajstić information content (AvgIpc) is 1.00.